The molecule has 0 fully saturated rings. The number of ether oxygens (including phenoxy) is 1. The average Bonchev–Trinajstić information content (AvgIpc) is 3.04. The Bertz CT molecular complexity index is 1390. The lowest BCUT2D eigenvalue weighted by atomic mass is 9.80. The van der Waals surface area contributed by atoms with E-state index in [1.54, 1.807) is 7.11 Å². The zero-order valence-corrected chi connectivity index (χ0v) is 30.0. The highest BCUT2D eigenvalue weighted by molar-refractivity contribution is 5.37. The van der Waals surface area contributed by atoms with Crippen LogP contribution in [0.2, 0.25) is 0 Å². The maximum Gasteiger partial charge on any atom is 0.121 e. The van der Waals surface area contributed by atoms with E-state index in [2.05, 4.69) is 125 Å². The van der Waals surface area contributed by atoms with E-state index in [1.165, 1.54) is 16.7 Å². The molecule has 0 amide bonds. The predicted molar refractivity (Wildman–Crippen MR) is 200 cm³/mol. The number of rotatable bonds is 9. The normalized spacial score (nSPS) is 25.1. The smallest absolute Gasteiger partial charge is 0.121 e. The van der Waals surface area contributed by atoms with Gasteiger partial charge in [-0.1, -0.05) is 102 Å². The summed E-state index contributed by atoms with van der Waals surface area (Å²) in [7, 11) is 1.70. The Balaban J connectivity index is 1.92. The second-order valence-corrected chi connectivity index (χ2v) is 14.2. The van der Waals surface area contributed by atoms with Crippen molar-refractivity contribution in [2.75, 3.05) is 13.7 Å². The lowest BCUT2D eigenvalue weighted by Crippen LogP contribution is -2.40. The van der Waals surface area contributed by atoms with Crippen LogP contribution >= 0.6 is 0 Å². The van der Waals surface area contributed by atoms with Crippen LogP contribution in [0, 0.1) is 47.8 Å². The first-order valence-corrected chi connectivity index (χ1v) is 17.5. The van der Waals surface area contributed by atoms with Crippen molar-refractivity contribution in [2.45, 2.75) is 91.6 Å². The Morgan fingerprint density at radius 3 is 2.43 bits per heavy atom. The Morgan fingerprint density at radius 1 is 1.02 bits per heavy atom. The SMILES string of the molecule is C=C1/C=C/C[C@@H](C(C)C(C#N)CC2=CCCC=C2)NC(=C)C(CC(C)C)CC(=C)C(C)CNC(=C)[C@@H](Cc2ccc(OC)c(C)c2)N1. The van der Waals surface area contributed by atoms with Gasteiger partial charge in [0, 0.05) is 35.6 Å². The number of nitriles is 1. The Morgan fingerprint density at radius 2 is 1.79 bits per heavy atom. The first-order chi connectivity index (χ1) is 22.4. The molecule has 1 aromatic carbocycles. The maximum atomic E-state index is 10.3. The van der Waals surface area contributed by atoms with E-state index in [4.69, 9.17) is 4.74 Å². The van der Waals surface area contributed by atoms with Crippen molar-refractivity contribution in [3.63, 3.8) is 0 Å². The summed E-state index contributed by atoms with van der Waals surface area (Å²) in [5.41, 5.74) is 7.58. The van der Waals surface area contributed by atoms with Crippen LogP contribution in [0.25, 0.3) is 0 Å². The first kappa shape index (κ1) is 37.5. The van der Waals surface area contributed by atoms with Gasteiger partial charge in [0.2, 0.25) is 0 Å². The third-order valence-corrected chi connectivity index (χ3v) is 9.81. The van der Waals surface area contributed by atoms with Gasteiger partial charge in [0.1, 0.15) is 5.75 Å². The number of aryl methyl sites for hydroxylation is 1. The fraction of sp³-hybridized carbons (Fsp3) is 0.500. The molecule has 47 heavy (non-hydrogen) atoms. The molecule has 0 spiro atoms. The topological polar surface area (TPSA) is 69.1 Å². The van der Waals surface area contributed by atoms with Crippen LogP contribution in [0.1, 0.15) is 77.3 Å². The molecule has 3 rings (SSSR count). The molecule has 4 unspecified atom stereocenters. The molecule has 0 saturated carbocycles. The summed E-state index contributed by atoms with van der Waals surface area (Å²) in [6.45, 7) is 29.8. The van der Waals surface area contributed by atoms with Crippen LogP contribution in [0.4, 0.5) is 0 Å². The van der Waals surface area contributed by atoms with E-state index >= 15 is 0 Å². The van der Waals surface area contributed by atoms with Gasteiger partial charge in [0.05, 0.1) is 25.1 Å². The summed E-state index contributed by atoms with van der Waals surface area (Å²) in [6, 6.07) is 8.97. The molecule has 2 aliphatic rings. The molecule has 3 N–H and O–H groups in total. The Hall–Kier alpha value is -3.91. The highest BCUT2D eigenvalue weighted by atomic mass is 16.5. The molecule has 5 nitrogen and oxygen atoms in total. The predicted octanol–water partition coefficient (Wildman–Crippen LogP) is 9.24. The van der Waals surface area contributed by atoms with Crippen LogP contribution < -0.4 is 20.7 Å². The zero-order valence-electron chi connectivity index (χ0n) is 30.0. The summed E-state index contributed by atoms with van der Waals surface area (Å²) in [4.78, 5) is 0. The molecule has 0 saturated heterocycles. The van der Waals surface area contributed by atoms with Crippen molar-refractivity contribution in [1.29, 1.82) is 5.26 Å². The molecule has 6 atom stereocenters. The Labute approximate surface area is 286 Å². The molecule has 0 bridgehead atoms. The van der Waals surface area contributed by atoms with Crippen molar-refractivity contribution < 1.29 is 4.74 Å². The van der Waals surface area contributed by atoms with Gasteiger partial charge in [0.15, 0.2) is 0 Å². The van der Waals surface area contributed by atoms with Crippen molar-refractivity contribution in [2.24, 2.45) is 29.6 Å². The minimum absolute atomic E-state index is 0.0485. The largest absolute Gasteiger partial charge is 0.496 e. The second kappa shape index (κ2) is 18.4. The molecule has 254 valence electrons. The van der Waals surface area contributed by atoms with Gasteiger partial charge in [-0.15, -0.1) is 0 Å². The van der Waals surface area contributed by atoms with Crippen LogP contribution in [0.5, 0.6) is 5.75 Å². The number of hydrogen-bond acceptors (Lipinski definition) is 5. The molecule has 0 aromatic heterocycles. The lowest BCUT2D eigenvalue weighted by molar-refractivity contribution is 0.309. The zero-order chi connectivity index (χ0) is 34.5. The van der Waals surface area contributed by atoms with Crippen molar-refractivity contribution in [3.8, 4) is 11.8 Å². The van der Waals surface area contributed by atoms with Crippen molar-refractivity contribution in [3.05, 3.63) is 114 Å². The maximum absolute atomic E-state index is 10.3. The van der Waals surface area contributed by atoms with Gasteiger partial charge in [-0.25, -0.2) is 0 Å². The van der Waals surface area contributed by atoms with Crippen LogP contribution in [0.15, 0.2) is 103 Å². The highest BCUT2D eigenvalue weighted by Crippen LogP contribution is 2.31. The van der Waals surface area contributed by atoms with Gasteiger partial charge in [0.25, 0.3) is 0 Å². The summed E-state index contributed by atoms with van der Waals surface area (Å²) in [6.07, 6.45) is 17.3. The molecule has 1 aliphatic carbocycles. The molecular weight excluding hydrogens is 576 g/mol. The van der Waals surface area contributed by atoms with Crippen LogP contribution in [0.3, 0.4) is 0 Å². The summed E-state index contributed by atoms with van der Waals surface area (Å²) in [5, 5.41) is 21.5. The number of allylic oxidation sites excluding steroid dienone is 6. The molecule has 5 heteroatoms. The number of benzene rings is 1. The van der Waals surface area contributed by atoms with Crippen molar-refractivity contribution in [1.82, 2.24) is 16.0 Å². The highest BCUT2D eigenvalue weighted by Gasteiger charge is 2.28. The third kappa shape index (κ3) is 11.7. The van der Waals surface area contributed by atoms with Gasteiger partial charge in [-0.3, -0.25) is 0 Å². The fourth-order valence-corrected chi connectivity index (χ4v) is 6.64. The fourth-order valence-electron chi connectivity index (χ4n) is 6.64. The first-order valence-electron chi connectivity index (χ1n) is 17.5. The Kier molecular flexibility index (Phi) is 14.7. The number of nitrogens with zero attached hydrogens (tertiary/aromatic N) is 1. The standard InChI is InChI=1S/C42H60N4O/c1-28(2)21-38-23-29(3)31(5)27-44-35(9)41(25-37-19-20-42(47-10)30(4)22-37)45-32(6)15-14-18-40(46-34(38)8)33(7)39(26-43)24-36-16-12-11-13-17-36/h12,14-17,19-20,22,28,31,33,38-41,44-46H,3,6,8-9,11,13,18,21,23-25,27H2,1-2,4-5,7,10H3/b15-14+/t31?,33?,38?,39?,40-,41+/m0/s1. The van der Waals surface area contributed by atoms with E-state index in [1.807, 2.05) is 6.07 Å². The monoisotopic (exact) mass is 636 g/mol. The molecular formula is C42H60N4O. The molecule has 1 aliphatic heterocycles. The summed E-state index contributed by atoms with van der Waals surface area (Å²) < 4.78 is 5.49. The van der Waals surface area contributed by atoms with Gasteiger partial charge in [-0.2, -0.15) is 5.26 Å². The van der Waals surface area contributed by atoms with E-state index in [0.717, 1.165) is 79.9 Å². The lowest BCUT2D eigenvalue weighted by Gasteiger charge is -2.33. The minimum Gasteiger partial charge on any atom is -0.496 e. The summed E-state index contributed by atoms with van der Waals surface area (Å²) in [5.74, 6) is 1.91. The number of nitrogens with one attached hydrogen (secondary N) is 3. The van der Waals surface area contributed by atoms with Crippen LogP contribution in [-0.2, 0) is 6.42 Å². The average molecular weight is 637 g/mol. The van der Waals surface area contributed by atoms with Gasteiger partial charge >= 0.3 is 0 Å². The van der Waals surface area contributed by atoms with E-state index in [0.29, 0.717) is 5.92 Å². The second-order valence-electron chi connectivity index (χ2n) is 14.2. The van der Waals surface area contributed by atoms with E-state index < -0.39 is 0 Å². The molecule has 0 radical (unpaired) electrons. The van der Waals surface area contributed by atoms with Gasteiger partial charge < -0.3 is 20.7 Å². The van der Waals surface area contributed by atoms with Crippen LogP contribution in [-0.4, -0.2) is 25.7 Å². The van der Waals surface area contributed by atoms with E-state index in [-0.39, 0.29) is 35.8 Å². The molecule has 1 heterocycles. The summed E-state index contributed by atoms with van der Waals surface area (Å²) >= 11 is 0. The van der Waals surface area contributed by atoms with E-state index in [9.17, 15) is 5.26 Å². The quantitative estimate of drug-likeness (QED) is 0.236. The minimum atomic E-state index is -0.111. The number of hydrogen-bond donors (Lipinski definition) is 3. The molecule has 1 aromatic rings. The number of methoxy groups -OCH3 is 1. The third-order valence-electron chi connectivity index (χ3n) is 9.81. The van der Waals surface area contributed by atoms with Crippen molar-refractivity contribution >= 4 is 0 Å². The van der Waals surface area contributed by atoms with Gasteiger partial charge in [-0.05, 0) is 92.9 Å².